The van der Waals surface area contributed by atoms with E-state index in [1.165, 1.54) is 36.4 Å². The molecule has 1 saturated heterocycles. The van der Waals surface area contributed by atoms with E-state index in [9.17, 15) is 31.2 Å². The first kappa shape index (κ1) is 23.5. The zero-order valence-corrected chi connectivity index (χ0v) is 17.4. The summed E-state index contributed by atoms with van der Waals surface area (Å²) in [7, 11) is -4.27. The summed E-state index contributed by atoms with van der Waals surface area (Å²) in [6, 6.07) is 8.73. The predicted octanol–water partition coefficient (Wildman–Crippen LogP) is 2.76. The maximum absolute atomic E-state index is 14.0. The van der Waals surface area contributed by atoms with Crippen LogP contribution in [0, 0.1) is 5.82 Å². The molecule has 172 valence electrons. The van der Waals surface area contributed by atoms with Crippen LogP contribution in [-0.4, -0.2) is 50.4 Å². The average molecular weight is 472 g/mol. The van der Waals surface area contributed by atoms with Gasteiger partial charge in [-0.3, -0.25) is 9.59 Å². The molecule has 0 radical (unpaired) electrons. The van der Waals surface area contributed by atoms with Crippen LogP contribution in [0.5, 0.6) is 5.75 Å². The number of carbonyl (C=O) groups excluding carboxylic acids is 2. The van der Waals surface area contributed by atoms with Gasteiger partial charge in [-0.05, 0) is 49.2 Å². The highest BCUT2D eigenvalue weighted by Gasteiger charge is 2.41. The van der Waals surface area contributed by atoms with Crippen LogP contribution in [-0.2, 0) is 24.3 Å². The first-order valence-electron chi connectivity index (χ1n) is 9.46. The molecular formula is C20H19F3N2O6S. The van der Waals surface area contributed by atoms with Crippen LogP contribution in [0.1, 0.15) is 12.8 Å². The predicted molar refractivity (Wildman–Crippen MR) is 106 cm³/mol. The number of rotatable bonds is 8. The second-order valence-corrected chi connectivity index (χ2v) is 8.62. The molecule has 0 aromatic heterocycles. The maximum Gasteiger partial charge on any atom is 0.387 e. The van der Waals surface area contributed by atoms with Crippen molar-refractivity contribution < 1.29 is 40.7 Å². The standard InChI is InChI=1S/C20H19F3N2O6S/c21-15-4-1-2-6-17(15)32(28,29)25-11-3-5-16(25)19(27)30-12-18(26)24-13-7-9-14(10-8-13)31-20(22)23/h1-2,4,6-10,16,20H,3,5,11-12H2,(H,24,26). The molecular weight excluding hydrogens is 453 g/mol. The summed E-state index contributed by atoms with van der Waals surface area (Å²) >= 11 is 0. The van der Waals surface area contributed by atoms with Crippen molar-refractivity contribution in [1.82, 2.24) is 4.31 Å². The highest BCUT2D eigenvalue weighted by Crippen LogP contribution is 2.28. The number of esters is 1. The number of nitrogens with one attached hydrogen (secondary N) is 1. The van der Waals surface area contributed by atoms with E-state index in [1.54, 1.807) is 0 Å². The van der Waals surface area contributed by atoms with Crippen LogP contribution in [0.3, 0.4) is 0 Å². The second kappa shape index (κ2) is 10.0. The molecule has 0 aliphatic carbocycles. The topological polar surface area (TPSA) is 102 Å². The molecule has 8 nitrogen and oxygen atoms in total. The van der Waals surface area contributed by atoms with Crippen molar-refractivity contribution in [3.63, 3.8) is 0 Å². The fourth-order valence-electron chi connectivity index (χ4n) is 3.19. The fourth-order valence-corrected chi connectivity index (χ4v) is 4.91. The Morgan fingerprint density at radius 2 is 1.81 bits per heavy atom. The molecule has 1 aliphatic rings. The van der Waals surface area contributed by atoms with E-state index in [4.69, 9.17) is 4.74 Å². The average Bonchev–Trinajstić information content (AvgIpc) is 3.24. The van der Waals surface area contributed by atoms with Crippen LogP contribution in [0.15, 0.2) is 53.4 Å². The van der Waals surface area contributed by atoms with E-state index >= 15 is 0 Å². The third-order valence-corrected chi connectivity index (χ3v) is 6.55. The van der Waals surface area contributed by atoms with Crippen LogP contribution in [0.4, 0.5) is 18.9 Å². The van der Waals surface area contributed by atoms with Gasteiger partial charge in [0.05, 0.1) is 0 Å². The van der Waals surface area contributed by atoms with Gasteiger partial charge in [0.15, 0.2) is 6.61 Å². The monoisotopic (exact) mass is 472 g/mol. The minimum atomic E-state index is -4.27. The molecule has 0 bridgehead atoms. The number of alkyl halides is 2. The quantitative estimate of drug-likeness (QED) is 0.593. The minimum absolute atomic E-state index is 0.00959. The molecule has 1 unspecified atom stereocenters. The van der Waals surface area contributed by atoms with Crippen LogP contribution in [0.25, 0.3) is 0 Å². The highest BCUT2D eigenvalue weighted by atomic mass is 32.2. The Hall–Kier alpha value is -3.12. The summed E-state index contributed by atoms with van der Waals surface area (Å²) in [5.74, 6) is -2.68. The van der Waals surface area contributed by atoms with Crippen molar-refractivity contribution in [2.24, 2.45) is 0 Å². The van der Waals surface area contributed by atoms with Gasteiger partial charge in [0.2, 0.25) is 10.0 Å². The first-order chi connectivity index (χ1) is 15.2. The van der Waals surface area contributed by atoms with Gasteiger partial charge in [-0.2, -0.15) is 13.1 Å². The van der Waals surface area contributed by atoms with Crippen molar-refractivity contribution in [2.45, 2.75) is 30.4 Å². The van der Waals surface area contributed by atoms with Crippen molar-refractivity contribution in [2.75, 3.05) is 18.5 Å². The maximum atomic E-state index is 14.0. The van der Waals surface area contributed by atoms with E-state index in [1.807, 2.05) is 0 Å². The van der Waals surface area contributed by atoms with E-state index in [2.05, 4.69) is 10.1 Å². The number of ether oxygens (including phenoxy) is 2. The summed E-state index contributed by atoms with van der Waals surface area (Å²) < 4.78 is 73.9. The highest BCUT2D eigenvalue weighted by molar-refractivity contribution is 7.89. The van der Waals surface area contributed by atoms with Crippen LogP contribution < -0.4 is 10.1 Å². The molecule has 1 aliphatic heterocycles. The van der Waals surface area contributed by atoms with Crippen molar-refractivity contribution in [3.8, 4) is 5.75 Å². The number of amides is 1. The molecule has 1 heterocycles. The number of anilines is 1. The van der Waals surface area contributed by atoms with E-state index in [0.717, 1.165) is 16.4 Å². The van der Waals surface area contributed by atoms with E-state index < -0.39 is 51.9 Å². The molecule has 1 N–H and O–H groups in total. The fraction of sp³-hybridized carbons (Fsp3) is 0.300. The second-order valence-electron chi connectivity index (χ2n) is 6.76. The Balaban J connectivity index is 1.58. The molecule has 1 atom stereocenters. The molecule has 2 aromatic carbocycles. The normalized spacial score (nSPS) is 16.7. The number of hydrogen-bond acceptors (Lipinski definition) is 6. The number of sulfonamides is 1. The van der Waals surface area contributed by atoms with Gasteiger partial charge in [0.1, 0.15) is 22.5 Å². The number of nitrogens with zero attached hydrogens (tertiary/aromatic N) is 1. The molecule has 32 heavy (non-hydrogen) atoms. The SMILES string of the molecule is O=C(COC(=O)C1CCCN1S(=O)(=O)c1ccccc1F)Nc1ccc(OC(F)F)cc1. The number of benzene rings is 2. The lowest BCUT2D eigenvalue weighted by molar-refractivity contribution is -0.150. The molecule has 2 aromatic rings. The third-order valence-electron chi connectivity index (χ3n) is 4.61. The Morgan fingerprint density at radius 1 is 1.12 bits per heavy atom. The van der Waals surface area contributed by atoms with Crippen LogP contribution >= 0.6 is 0 Å². The first-order valence-corrected chi connectivity index (χ1v) is 10.9. The van der Waals surface area contributed by atoms with Gasteiger partial charge in [0.25, 0.3) is 5.91 Å². The van der Waals surface area contributed by atoms with Crippen molar-refractivity contribution >= 4 is 27.6 Å². The summed E-state index contributed by atoms with van der Waals surface area (Å²) in [5, 5.41) is 2.40. The number of hydrogen-bond donors (Lipinski definition) is 1. The molecule has 1 fully saturated rings. The zero-order valence-electron chi connectivity index (χ0n) is 16.5. The molecule has 1 amide bonds. The lowest BCUT2D eigenvalue weighted by Gasteiger charge is -2.22. The summed E-state index contributed by atoms with van der Waals surface area (Å²) in [6.07, 6.45) is 0.534. The van der Waals surface area contributed by atoms with Gasteiger partial charge in [-0.1, -0.05) is 12.1 Å². The lowest BCUT2D eigenvalue weighted by Crippen LogP contribution is -2.42. The smallest absolute Gasteiger partial charge is 0.387 e. The summed E-state index contributed by atoms with van der Waals surface area (Å²) in [5.41, 5.74) is 0.247. The lowest BCUT2D eigenvalue weighted by atomic mass is 10.2. The van der Waals surface area contributed by atoms with Crippen LogP contribution in [0.2, 0.25) is 0 Å². The Kier molecular flexibility index (Phi) is 7.36. The number of halogens is 3. The number of carbonyl (C=O) groups is 2. The largest absolute Gasteiger partial charge is 0.454 e. The van der Waals surface area contributed by atoms with Gasteiger partial charge < -0.3 is 14.8 Å². The van der Waals surface area contributed by atoms with Crippen molar-refractivity contribution in [3.05, 3.63) is 54.3 Å². The summed E-state index contributed by atoms with van der Waals surface area (Å²) in [4.78, 5) is 23.9. The van der Waals surface area contributed by atoms with E-state index in [-0.39, 0.29) is 24.4 Å². The van der Waals surface area contributed by atoms with Gasteiger partial charge in [0, 0.05) is 12.2 Å². The van der Waals surface area contributed by atoms with Gasteiger partial charge >= 0.3 is 12.6 Å². The summed E-state index contributed by atoms with van der Waals surface area (Å²) in [6.45, 7) is -3.67. The Bertz CT molecular complexity index is 1080. The van der Waals surface area contributed by atoms with E-state index in [0.29, 0.717) is 6.42 Å². The Morgan fingerprint density at radius 3 is 2.47 bits per heavy atom. The van der Waals surface area contributed by atoms with Gasteiger partial charge in [-0.15, -0.1) is 0 Å². The molecule has 3 rings (SSSR count). The molecule has 12 heteroatoms. The van der Waals surface area contributed by atoms with Gasteiger partial charge in [-0.25, -0.2) is 12.8 Å². The molecule has 0 saturated carbocycles. The third kappa shape index (κ3) is 5.56. The minimum Gasteiger partial charge on any atom is -0.454 e. The molecule has 0 spiro atoms. The van der Waals surface area contributed by atoms with Crippen molar-refractivity contribution in [1.29, 1.82) is 0 Å². The Labute approximate surface area is 182 Å². The zero-order chi connectivity index (χ0) is 23.3.